The maximum Gasteiger partial charge on any atom is 0.321 e. The highest BCUT2D eigenvalue weighted by molar-refractivity contribution is 5.74. The molecule has 0 bridgehead atoms. The van der Waals surface area contributed by atoms with E-state index in [2.05, 4.69) is 0 Å². The number of aliphatic hydroxyl groups excluding tert-OH is 1. The number of halogens is 2. The van der Waals surface area contributed by atoms with Gasteiger partial charge in [0, 0.05) is 25.1 Å². The highest BCUT2D eigenvalue weighted by Gasteiger charge is 2.36. The second-order valence-corrected chi connectivity index (χ2v) is 4.41. The number of rotatable bonds is 3. The van der Waals surface area contributed by atoms with Crippen LogP contribution >= 0.6 is 0 Å². The SMILES string of the molecule is O=C(O)C1CC(O)CN1Cc1cc(F)ccc1F. The molecule has 0 amide bonds. The van der Waals surface area contributed by atoms with E-state index in [0.29, 0.717) is 0 Å². The first-order chi connectivity index (χ1) is 8.47. The number of carbonyl (C=O) groups is 1. The van der Waals surface area contributed by atoms with Gasteiger partial charge in [-0.2, -0.15) is 0 Å². The van der Waals surface area contributed by atoms with Crippen molar-refractivity contribution in [1.29, 1.82) is 0 Å². The van der Waals surface area contributed by atoms with Crippen molar-refractivity contribution in [3.05, 3.63) is 35.4 Å². The van der Waals surface area contributed by atoms with Gasteiger partial charge in [-0.25, -0.2) is 8.78 Å². The van der Waals surface area contributed by atoms with Gasteiger partial charge < -0.3 is 10.2 Å². The van der Waals surface area contributed by atoms with Gasteiger partial charge in [-0.1, -0.05) is 0 Å². The number of likely N-dealkylation sites (tertiary alicyclic amines) is 1. The minimum Gasteiger partial charge on any atom is -0.480 e. The molecule has 0 radical (unpaired) electrons. The molecule has 1 aromatic rings. The van der Waals surface area contributed by atoms with Gasteiger partial charge in [0.15, 0.2) is 0 Å². The number of hydrogen-bond acceptors (Lipinski definition) is 3. The van der Waals surface area contributed by atoms with Crippen LogP contribution in [0.2, 0.25) is 0 Å². The number of β-amino-alcohol motifs (C(OH)–C–C–N with tert-alkyl or cyclic N) is 1. The molecule has 2 unspecified atom stereocenters. The molecular weight excluding hydrogens is 244 g/mol. The fraction of sp³-hybridized carbons (Fsp3) is 0.417. The van der Waals surface area contributed by atoms with E-state index in [-0.39, 0.29) is 25.1 Å². The Kier molecular flexibility index (Phi) is 3.58. The van der Waals surface area contributed by atoms with Crippen molar-refractivity contribution >= 4 is 5.97 Å². The van der Waals surface area contributed by atoms with Crippen molar-refractivity contribution in [2.75, 3.05) is 6.54 Å². The summed E-state index contributed by atoms with van der Waals surface area (Å²) in [6.45, 7) is 0.116. The fourth-order valence-electron chi connectivity index (χ4n) is 2.19. The Labute approximate surface area is 102 Å². The molecule has 1 aliphatic heterocycles. The maximum absolute atomic E-state index is 13.4. The van der Waals surface area contributed by atoms with Crippen LogP contribution in [0.3, 0.4) is 0 Å². The summed E-state index contributed by atoms with van der Waals surface area (Å²) in [4.78, 5) is 12.4. The number of carboxylic acid groups (broad SMARTS) is 1. The molecule has 2 rings (SSSR count). The van der Waals surface area contributed by atoms with E-state index in [4.69, 9.17) is 5.11 Å². The summed E-state index contributed by atoms with van der Waals surface area (Å²) in [5.74, 6) is -2.22. The van der Waals surface area contributed by atoms with Gasteiger partial charge in [0.1, 0.15) is 17.7 Å². The normalized spacial score (nSPS) is 24.4. The second kappa shape index (κ2) is 4.99. The van der Waals surface area contributed by atoms with E-state index in [1.807, 2.05) is 0 Å². The van der Waals surface area contributed by atoms with E-state index in [1.165, 1.54) is 4.90 Å². The predicted molar refractivity (Wildman–Crippen MR) is 58.8 cm³/mol. The van der Waals surface area contributed by atoms with Gasteiger partial charge in [0.2, 0.25) is 0 Å². The standard InChI is InChI=1S/C12H13F2NO3/c13-8-1-2-10(14)7(3-8)5-15-6-9(16)4-11(15)12(17)18/h1-3,9,11,16H,4-6H2,(H,17,18). The molecule has 98 valence electrons. The fourth-order valence-corrected chi connectivity index (χ4v) is 2.19. The van der Waals surface area contributed by atoms with Crippen LogP contribution in [-0.2, 0) is 11.3 Å². The average Bonchev–Trinajstić information content (AvgIpc) is 2.65. The zero-order chi connectivity index (χ0) is 13.3. The second-order valence-electron chi connectivity index (χ2n) is 4.41. The molecule has 1 fully saturated rings. The third kappa shape index (κ3) is 2.65. The Morgan fingerprint density at radius 1 is 1.44 bits per heavy atom. The minimum absolute atomic E-state index is 0.0301. The van der Waals surface area contributed by atoms with E-state index >= 15 is 0 Å². The van der Waals surface area contributed by atoms with Crippen molar-refractivity contribution in [3.63, 3.8) is 0 Å². The number of nitrogens with zero attached hydrogens (tertiary/aromatic N) is 1. The monoisotopic (exact) mass is 257 g/mol. The smallest absolute Gasteiger partial charge is 0.321 e. The average molecular weight is 257 g/mol. The summed E-state index contributed by atoms with van der Waals surface area (Å²) in [5, 5.41) is 18.4. The van der Waals surface area contributed by atoms with Crippen LogP contribution in [0.25, 0.3) is 0 Å². The summed E-state index contributed by atoms with van der Waals surface area (Å²) < 4.78 is 26.4. The molecule has 1 heterocycles. The van der Waals surface area contributed by atoms with Crippen LogP contribution in [0.4, 0.5) is 8.78 Å². The van der Waals surface area contributed by atoms with Crippen LogP contribution in [0, 0.1) is 11.6 Å². The molecular formula is C12H13F2NO3. The number of aliphatic hydroxyl groups is 1. The van der Waals surface area contributed by atoms with E-state index in [0.717, 1.165) is 18.2 Å². The molecule has 0 aliphatic carbocycles. The zero-order valence-electron chi connectivity index (χ0n) is 9.51. The molecule has 18 heavy (non-hydrogen) atoms. The van der Waals surface area contributed by atoms with Crippen molar-refractivity contribution in [1.82, 2.24) is 4.90 Å². The van der Waals surface area contributed by atoms with Crippen LogP contribution < -0.4 is 0 Å². The van der Waals surface area contributed by atoms with E-state index < -0.39 is 29.7 Å². The molecule has 0 aromatic heterocycles. The summed E-state index contributed by atoms with van der Waals surface area (Å²) in [7, 11) is 0. The first-order valence-electron chi connectivity index (χ1n) is 5.56. The van der Waals surface area contributed by atoms with Gasteiger partial charge in [0.25, 0.3) is 0 Å². The first-order valence-corrected chi connectivity index (χ1v) is 5.56. The zero-order valence-corrected chi connectivity index (χ0v) is 9.51. The lowest BCUT2D eigenvalue weighted by Crippen LogP contribution is -2.35. The molecule has 4 nitrogen and oxygen atoms in total. The van der Waals surface area contributed by atoms with Gasteiger partial charge in [-0.15, -0.1) is 0 Å². The van der Waals surface area contributed by atoms with Crippen molar-refractivity contribution in [2.24, 2.45) is 0 Å². The van der Waals surface area contributed by atoms with Crippen molar-refractivity contribution in [2.45, 2.75) is 25.1 Å². The minimum atomic E-state index is -1.07. The third-order valence-corrected chi connectivity index (χ3v) is 3.05. The van der Waals surface area contributed by atoms with Crippen LogP contribution in [0.1, 0.15) is 12.0 Å². The molecule has 0 spiro atoms. The lowest BCUT2D eigenvalue weighted by molar-refractivity contribution is -0.142. The largest absolute Gasteiger partial charge is 0.480 e. The summed E-state index contributed by atoms with van der Waals surface area (Å²) in [6.07, 6.45) is -0.644. The lowest BCUT2D eigenvalue weighted by atomic mass is 10.1. The Morgan fingerprint density at radius 3 is 2.83 bits per heavy atom. The molecule has 1 aliphatic rings. The van der Waals surface area contributed by atoms with Crippen molar-refractivity contribution in [3.8, 4) is 0 Å². The summed E-state index contributed by atoms with van der Waals surface area (Å²) in [6, 6.07) is 2.20. The summed E-state index contributed by atoms with van der Waals surface area (Å²) >= 11 is 0. The maximum atomic E-state index is 13.4. The Hall–Kier alpha value is -1.53. The molecule has 0 saturated carbocycles. The van der Waals surface area contributed by atoms with Crippen LogP contribution in [-0.4, -0.2) is 39.8 Å². The Morgan fingerprint density at radius 2 is 2.17 bits per heavy atom. The highest BCUT2D eigenvalue weighted by atomic mass is 19.1. The molecule has 2 atom stereocenters. The predicted octanol–water partition coefficient (Wildman–Crippen LogP) is 0.985. The topological polar surface area (TPSA) is 60.8 Å². The number of hydrogen-bond donors (Lipinski definition) is 2. The molecule has 6 heteroatoms. The lowest BCUT2D eigenvalue weighted by Gasteiger charge is -2.20. The Bertz CT molecular complexity index is 467. The molecule has 1 aromatic carbocycles. The van der Waals surface area contributed by atoms with E-state index in [9.17, 15) is 18.7 Å². The number of benzene rings is 1. The number of carboxylic acids is 1. The third-order valence-electron chi connectivity index (χ3n) is 3.05. The van der Waals surface area contributed by atoms with Crippen molar-refractivity contribution < 1.29 is 23.8 Å². The quantitative estimate of drug-likeness (QED) is 0.847. The van der Waals surface area contributed by atoms with Gasteiger partial charge in [-0.05, 0) is 18.2 Å². The van der Waals surface area contributed by atoms with Crippen LogP contribution in [0.15, 0.2) is 18.2 Å². The van der Waals surface area contributed by atoms with Gasteiger partial charge in [-0.3, -0.25) is 9.69 Å². The molecule has 2 N–H and O–H groups in total. The summed E-state index contributed by atoms with van der Waals surface area (Å²) in [5.41, 5.74) is 0.0929. The first kappa shape index (κ1) is 12.9. The van der Waals surface area contributed by atoms with Crippen LogP contribution in [0.5, 0.6) is 0 Å². The van der Waals surface area contributed by atoms with Gasteiger partial charge >= 0.3 is 5.97 Å². The Balaban J connectivity index is 2.17. The molecule has 1 saturated heterocycles. The van der Waals surface area contributed by atoms with Gasteiger partial charge in [0.05, 0.1) is 6.10 Å². The highest BCUT2D eigenvalue weighted by Crippen LogP contribution is 2.22. The number of aliphatic carboxylic acids is 1. The van der Waals surface area contributed by atoms with E-state index in [1.54, 1.807) is 0 Å².